The number of rotatable bonds is 9. The van der Waals surface area contributed by atoms with E-state index in [2.05, 4.69) is 31.0 Å². The molecule has 1 aliphatic rings. The SMILES string of the molecule is CCCC(CN)(CCC)C(=O)NCC1CCCN1CC. The first-order chi connectivity index (χ1) is 9.63. The van der Waals surface area contributed by atoms with E-state index in [1.807, 2.05) is 0 Å². The fourth-order valence-corrected chi connectivity index (χ4v) is 3.55. The summed E-state index contributed by atoms with van der Waals surface area (Å²) in [4.78, 5) is 15.1. The standard InChI is InChI=1S/C16H33N3O/c1-4-9-16(13-17,10-5-2)15(20)18-12-14-8-7-11-19(14)6-3/h14H,4-13,17H2,1-3H3,(H,18,20). The van der Waals surface area contributed by atoms with Crippen molar-refractivity contribution in [3.8, 4) is 0 Å². The topological polar surface area (TPSA) is 58.4 Å². The van der Waals surface area contributed by atoms with E-state index < -0.39 is 0 Å². The Kier molecular flexibility index (Phi) is 7.52. The number of carbonyl (C=O) groups excluding carboxylic acids is 1. The van der Waals surface area contributed by atoms with Crippen molar-refractivity contribution in [2.24, 2.45) is 11.1 Å². The van der Waals surface area contributed by atoms with E-state index in [0.29, 0.717) is 12.6 Å². The Bertz CT molecular complexity index is 287. The van der Waals surface area contributed by atoms with Gasteiger partial charge < -0.3 is 11.1 Å². The average Bonchev–Trinajstić information content (AvgIpc) is 2.91. The number of hydrogen-bond donors (Lipinski definition) is 2. The zero-order valence-electron chi connectivity index (χ0n) is 13.6. The molecule has 0 aromatic rings. The van der Waals surface area contributed by atoms with Gasteiger partial charge in [0.05, 0.1) is 5.41 Å². The number of nitrogens with two attached hydrogens (primary N) is 1. The fourth-order valence-electron chi connectivity index (χ4n) is 3.55. The molecule has 1 heterocycles. The minimum Gasteiger partial charge on any atom is -0.354 e. The molecule has 4 heteroatoms. The van der Waals surface area contributed by atoms with Crippen LogP contribution in [0.5, 0.6) is 0 Å². The van der Waals surface area contributed by atoms with Gasteiger partial charge in [0, 0.05) is 19.1 Å². The van der Waals surface area contributed by atoms with E-state index >= 15 is 0 Å². The predicted octanol–water partition coefficient (Wildman–Crippen LogP) is 2.13. The van der Waals surface area contributed by atoms with Crippen molar-refractivity contribution in [2.75, 3.05) is 26.2 Å². The van der Waals surface area contributed by atoms with Crippen molar-refractivity contribution >= 4 is 5.91 Å². The number of hydrogen-bond acceptors (Lipinski definition) is 3. The van der Waals surface area contributed by atoms with Crippen LogP contribution in [0.15, 0.2) is 0 Å². The molecule has 3 N–H and O–H groups in total. The van der Waals surface area contributed by atoms with Gasteiger partial charge in [-0.2, -0.15) is 0 Å². The highest BCUT2D eigenvalue weighted by atomic mass is 16.2. The maximum absolute atomic E-state index is 12.6. The Hall–Kier alpha value is -0.610. The lowest BCUT2D eigenvalue weighted by molar-refractivity contribution is -0.131. The zero-order chi connectivity index (χ0) is 15.0. The minimum absolute atomic E-state index is 0.173. The average molecular weight is 283 g/mol. The molecule has 1 aliphatic heterocycles. The maximum atomic E-state index is 12.6. The maximum Gasteiger partial charge on any atom is 0.227 e. The van der Waals surface area contributed by atoms with Gasteiger partial charge in [-0.15, -0.1) is 0 Å². The molecule has 0 spiro atoms. The van der Waals surface area contributed by atoms with Crippen molar-refractivity contribution < 1.29 is 4.79 Å². The van der Waals surface area contributed by atoms with E-state index in [1.54, 1.807) is 0 Å². The number of carbonyl (C=O) groups is 1. The van der Waals surface area contributed by atoms with Crippen molar-refractivity contribution in [1.82, 2.24) is 10.2 Å². The van der Waals surface area contributed by atoms with Crippen molar-refractivity contribution in [3.05, 3.63) is 0 Å². The lowest BCUT2D eigenvalue weighted by Crippen LogP contribution is -2.49. The van der Waals surface area contributed by atoms with Crippen LogP contribution >= 0.6 is 0 Å². The van der Waals surface area contributed by atoms with E-state index in [-0.39, 0.29) is 11.3 Å². The summed E-state index contributed by atoms with van der Waals surface area (Å²) in [6.45, 7) is 9.94. The van der Waals surface area contributed by atoms with Gasteiger partial charge in [0.15, 0.2) is 0 Å². The smallest absolute Gasteiger partial charge is 0.227 e. The second-order valence-corrected chi connectivity index (χ2v) is 6.12. The molecule has 118 valence electrons. The Morgan fingerprint density at radius 3 is 2.45 bits per heavy atom. The van der Waals surface area contributed by atoms with Crippen LogP contribution < -0.4 is 11.1 Å². The van der Waals surface area contributed by atoms with E-state index in [9.17, 15) is 4.79 Å². The van der Waals surface area contributed by atoms with Crippen LogP contribution in [0.4, 0.5) is 0 Å². The molecule has 1 atom stereocenters. The molecule has 1 amide bonds. The Labute approximate surface area is 124 Å². The van der Waals surface area contributed by atoms with Gasteiger partial charge in [0.2, 0.25) is 5.91 Å². The molecule has 1 fully saturated rings. The summed E-state index contributed by atoms with van der Waals surface area (Å²) in [6, 6.07) is 0.516. The number of nitrogens with one attached hydrogen (secondary N) is 1. The Morgan fingerprint density at radius 1 is 1.30 bits per heavy atom. The summed E-state index contributed by atoms with van der Waals surface area (Å²) >= 11 is 0. The second-order valence-electron chi connectivity index (χ2n) is 6.12. The van der Waals surface area contributed by atoms with E-state index in [0.717, 1.165) is 38.8 Å². The van der Waals surface area contributed by atoms with Gasteiger partial charge in [-0.1, -0.05) is 33.6 Å². The van der Waals surface area contributed by atoms with Gasteiger partial charge in [-0.25, -0.2) is 0 Å². The van der Waals surface area contributed by atoms with Crippen LogP contribution in [-0.2, 0) is 4.79 Å². The van der Waals surface area contributed by atoms with Gasteiger partial charge in [-0.05, 0) is 38.8 Å². The van der Waals surface area contributed by atoms with Crippen LogP contribution in [0.3, 0.4) is 0 Å². The summed E-state index contributed by atoms with van der Waals surface area (Å²) in [5, 5.41) is 3.19. The van der Waals surface area contributed by atoms with Crippen molar-refractivity contribution in [3.63, 3.8) is 0 Å². The number of nitrogens with zero attached hydrogens (tertiary/aromatic N) is 1. The highest BCUT2D eigenvalue weighted by molar-refractivity contribution is 5.82. The Balaban J connectivity index is 2.57. The molecule has 0 aromatic heterocycles. The van der Waals surface area contributed by atoms with Crippen molar-refractivity contribution in [1.29, 1.82) is 0 Å². The van der Waals surface area contributed by atoms with Gasteiger partial charge in [-0.3, -0.25) is 9.69 Å². The van der Waals surface area contributed by atoms with Crippen LogP contribution in [-0.4, -0.2) is 43.0 Å². The molecule has 0 aliphatic carbocycles. The highest BCUT2D eigenvalue weighted by Crippen LogP contribution is 2.29. The minimum atomic E-state index is -0.348. The molecule has 1 saturated heterocycles. The molecule has 0 bridgehead atoms. The van der Waals surface area contributed by atoms with Crippen LogP contribution in [0.2, 0.25) is 0 Å². The molecule has 20 heavy (non-hydrogen) atoms. The lowest BCUT2D eigenvalue weighted by atomic mass is 9.78. The summed E-state index contributed by atoms with van der Waals surface area (Å²) in [7, 11) is 0. The second kappa shape index (κ2) is 8.63. The van der Waals surface area contributed by atoms with E-state index in [4.69, 9.17) is 5.73 Å². The fraction of sp³-hybridized carbons (Fsp3) is 0.938. The number of likely N-dealkylation sites (N-methyl/N-ethyl adjacent to an activating group) is 1. The zero-order valence-corrected chi connectivity index (χ0v) is 13.6. The largest absolute Gasteiger partial charge is 0.354 e. The van der Waals surface area contributed by atoms with E-state index in [1.165, 1.54) is 19.4 Å². The third-order valence-corrected chi connectivity index (χ3v) is 4.73. The third kappa shape index (κ3) is 4.19. The number of likely N-dealkylation sites (tertiary alicyclic amines) is 1. The molecule has 4 nitrogen and oxygen atoms in total. The van der Waals surface area contributed by atoms with Crippen LogP contribution in [0.25, 0.3) is 0 Å². The molecular weight excluding hydrogens is 250 g/mol. The summed E-state index contributed by atoms with van der Waals surface area (Å²) in [5.74, 6) is 0.173. The normalized spacial score (nSPS) is 20.3. The predicted molar refractivity (Wildman–Crippen MR) is 84.6 cm³/mol. The van der Waals surface area contributed by atoms with Crippen molar-refractivity contribution in [2.45, 2.75) is 65.3 Å². The van der Waals surface area contributed by atoms with Gasteiger partial charge >= 0.3 is 0 Å². The van der Waals surface area contributed by atoms with Gasteiger partial charge in [0.1, 0.15) is 0 Å². The first-order valence-electron chi connectivity index (χ1n) is 8.36. The number of amides is 1. The molecular formula is C16H33N3O. The Morgan fingerprint density at radius 2 is 1.95 bits per heavy atom. The molecule has 1 rings (SSSR count). The monoisotopic (exact) mass is 283 g/mol. The van der Waals surface area contributed by atoms with Crippen LogP contribution in [0, 0.1) is 5.41 Å². The summed E-state index contributed by atoms with van der Waals surface area (Å²) < 4.78 is 0. The molecule has 0 aromatic carbocycles. The third-order valence-electron chi connectivity index (χ3n) is 4.73. The first-order valence-corrected chi connectivity index (χ1v) is 8.36. The molecule has 0 saturated carbocycles. The molecule has 1 unspecified atom stereocenters. The summed E-state index contributed by atoms with van der Waals surface area (Å²) in [6.07, 6.45) is 6.26. The summed E-state index contributed by atoms with van der Waals surface area (Å²) in [5.41, 5.74) is 5.60. The van der Waals surface area contributed by atoms with Crippen LogP contribution in [0.1, 0.15) is 59.3 Å². The highest BCUT2D eigenvalue weighted by Gasteiger charge is 2.35. The molecule has 0 radical (unpaired) electrons. The quantitative estimate of drug-likeness (QED) is 0.681. The lowest BCUT2D eigenvalue weighted by Gasteiger charge is -2.32. The van der Waals surface area contributed by atoms with Gasteiger partial charge in [0.25, 0.3) is 0 Å². The first kappa shape index (κ1) is 17.4.